The molecule has 12 heavy (non-hydrogen) atoms. The molecule has 0 heterocycles. The van der Waals surface area contributed by atoms with Gasteiger partial charge >= 0.3 is 7.12 Å². The molecule has 0 saturated heterocycles. The summed E-state index contributed by atoms with van der Waals surface area (Å²) in [6.07, 6.45) is 2.85. The van der Waals surface area contributed by atoms with E-state index in [1.54, 1.807) is 6.08 Å². The highest BCUT2D eigenvalue weighted by Gasteiger charge is 2.31. The molecule has 0 aromatic rings. The minimum atomic E-state index is -1.61. The molecule has 3 nitrogen and oxygen atoms in total. The van der Waals surface area contributed by atoms with Crippen LogP contribution in [0, 0.1) is 5.41 Å². The van der Waals surface area contributed by atoms with E-state index < -0.39 is 7.12 Å². The summed E-state index contributed by atoms with van der Waals surface area (Å²) >= 11 is 0. The summed E-state index contributed by atoms with van der Waals surface area (Å²) in [4.78, 5) is 11.1. The first-order valence-corrected chi connectivity index (χ1v) is 4.04. The lowest BCUT2D eigenvalue weighted by Crippen LogP contribution is -2.29. The van der Waals surface area contributed by atoms with Crippen molar-refractivity contribution in [3.63, 3.8) is 0 Å². The fraction of sp³-hybridized carbons (Fsp3) is 0.625. The summed E-state index contributed by atoms with van der Waals surface area (Å²) in [5, 5.41) is 17.7. The van der Waals surface area contributed by atoms with Crippen molar-refractivity contribution in [1.29, 1.82) is 0 Å². The Morgan fingerprint density at radius 1 is 1.50 bits per heavy atom. The molecule has 0 saturated carbocycles. The second-order valence-electron chi connectivity index (χ2n) is 3.89. The lowest BCUT2D eigenvalue weighted by atomic mass is 9.67. The third-order valence-corrected chi connectivity index (χ3v) is 2.14. The van der Waals surface area contributed by atoms with Crippen molar-refractivity contribution >= 4 is 12.9 Å². The van der Waals surface area contributed by atoms with Crippen LogP contribution in [0.25, 0.3) is 0 Å². The van der Waals surface area contributed by atoms with Crippen LogP contribution >= 0.6 is 0 Å². The van der Waals surface area contributed by atoms with E-state index in [9.17, 15) is 4.79 Å². The molecule has 0 aromatic heterocycles. The zero-order valence-corrected chi connectivity index (χ0v) is 7.37. The Bertz CT molecular complexity index is 230. The number of allylic oxidation sites excluding steroid dienone is 2. The second-order valence-corrected chi connectivity index (χ2v) is 3.89. The van der Waals surface area contributed by atoms with Crippen LogP contribution in [-0.4, -0.2) is 22.9 Å². The Morgan fingerprint density at radius 2 is 2.08 bits per heavy atom. The number of ketones is 1. The minimum Gasteiger partial charge on any atom is -0.423 e. The van der Waals surface area contributed by atoms with Crippen LogP contribution in [0.15, 0.2) is 11.5 Å². The van der Waals surface area contributed by atoms with E-state index in [0.29, 0.717) is 6.42 Å². The normalized spacial score (nSPS) is 22.0. The van der Waals surface area contributed by atoms with Crippen molar-refractivity contribution in [2.75, 3.05) is 0 Å². The molecule has 0 bridgehead atoms. The van der Waals surface area contributed by atoms with Crippen LogP contribution in [0.3, 0.4) is 0 Å². The highest BCUT2D eigenvalue weighted by atomic mass is 16.4. The predicted molar refractivity (Wildman–Crippen MR) is 46.3 cm³/mol. The van der Waals surface area contributed by atoms with E-state index >= 15 is 0 Å². The number of Topliss-reactive ketones (excluding diaryl/α,β-unsaturated/α-hetero) is 1. The molecule has 66 valence electrons. The van der Waals surface area contributed by atoms with Crippen molar-refractivity contribution in [1.82, 2.24) is 0 Å². The van der Waals surface area contributed by atoms with Gasteiger partial charge in [-0.05, 0) is 11.8 Å². The predicted octanol–water partition coefficient (Wildman–Crippen LogP) is 0.314. The maximum atomic E-state index is 11.1. The minimum absolute atomic E-state index is 0.0903. The fourth-order valence-corrected chi connectivity index (χ4v) is 1.37. The van der Waals surface area contributed by atoms with Gasteiger partial charge in [-0.25, -0.2) is 0 Å². The molecule has 0 unspecified atom stereocenters. The van der Waals surface area contributed by atoms with E-state index in [1.807, 2.05) is 13.8 Å². The summed E-state index contributed by atoms with van der Waals surface area (Å²) in [5.74, 6) is -0.149. The summed E-state index contributed by atoms with van der Waals surface area (Å²) < 4.78 is 0. The Balaban J connectivity index is 2.93. The third kappa shape index (κ3) is 1.96. The van der Waals surface area contributed by atoms with Gasteiger partial charge in [-0.15, -0.1) is 0 Å². The number of hydrogen-bond donors (Lipinski definition) is 2. The van der Waals surface area contributed by atoms with Crippen molar-refractivity contribution < 1.29 is 14.8 Å². The topological polar surface area (TPSA) is 57.5 Å². The van der Waals surface area contributed by atoms with Crippen LogP contribution in [0.5, 0.6) is 0 Å². The molecule has 0 atom stereocenters. The summed E-state index contributed by atoms with van der Waals surface area (Å²) in [6.45, 7) is 3.95. The number of hydrogen-bond acceptors (Lipinski definition) is 3. The van der Waals surface area contributed by atoms with Crippen molar-refractivity contribution in [2.45, 2.75) is 26.7 Å². The van der Waals surface area contributed by atoms with E-state index in [0.717, 1.165) is 6.42 Å². The average Bonchev–Trinajstić information content (AvgIpc) is 1.94. The van der Waals surface area contributed by atoms with Crippen LogP contribution < -0.4 is 0 Å². The zero-order valence-electron chi connectivity index (χ0n) is 7.37. The molecule has 0 fully saturated rings. The maximum Gasteiger partial charge on any atom is 0.491 e. The average molecular weight is 168 g/mol. The largest absolute Gasteiger partial charge is 0.491 e. The first-order chi connectivity index (χ1) is 5.42. The molecule has 2 N–H and O–H groups in total. The quantitative estimate of drug-likeness (QED) is 0.554. The number of rotatable bonds is 1. The molecular weight excluding hydrogens is 155 g/mol. The molecule has 0 aliphatic heterocycles. The van der Waals surface area contributed by atoms with Gasteiger partial charge in [0.05, 0.1) is 0 Å². The molecule has 0 spiro atoms. The molecule has 0 amide bonds. The first-order valence-electron chi connectivity index (χ1n) is 4.04. The lowest BCUT2D eigenvalue weighted by Gasteiger charge is -2.26. The molecule has 4 heteroatoms. The van der Waals surface area contributed by atoms with Gasteiger partial charge in [-0.3, -0.25) is 4.79 Å². The molecule has 0 aromatic carbocycles. The van der Waals surface area contributed by atoms with Gasteiger partial charge in [0.25, 0.3) is 0 Å². The lowest BCUT2D eigenvalue weighted by molar-refractivity contribution is -0.116. The van der Waals surface area contributed by atoms with Gasteiger partial charge in [0.2, 0.25) is 0 Å². The summed E-state index contributed by atoms with van der Waals surface area (Å²) in [5.41, 5.74) is 0.0544. The molecule has 0 radical (unpaired) electrons. The van der Waals surface area contributed by atoms with Gasteiger partial charge in [-0.1, -0.05) is 19.9 Å². The van der Waals surface area contributed by atoms with Gasteiger partial charge in [0, 0.05) is 11.9 Å². The highest BCUT2D eigenvalue weighted by Crippen LogP contribution is 2.31. The van der Waals surface area contributed by atoms with E-state index in [-0.39, 0.29) is 16.7 Å². The second kappa shape index (κ2) is 3.03. The number of carbonyl (C=O) groups excluding carboxylic acids is 1. The van der Waals surface area contributed by atoms with E-state index in [2.05, 4.69) is 0 Å². The molecule has 1 rings (SSSR count). The van der Waals surface area contributed by atoms with E-state index in [1.165, 1.54) is 0 Å². The van der Waals surface area contributed by atoms with Crippen LogP contribution in [-0.2, 0) is 4.79 Å². The van der Waals surface area contributed by atoms with E-state index in [4.69, 9.17) is 10.0 Å². The maximum absolute atomic E-state index is 11.1. The highest BCUT2D eigenvalue weighted by molar-refractivity contribution is 6.59. The summed E-state index contributed by atoms with van der Waals surface area (Å²) in [6, 6.07) is 0. The van der Waals surface area contributed by atoms with Crippen molar-refractivity contribution in [3.05, 3.63) is 11.5 Å². The van der Waals surface area contributed by atoms with Gasteiger partial charge in [-0.2, -0.15) is 0 Å². The van der Waals surface area contributed by atoms with Crippen LogP contribution in [0.1, 0.15) is 26.7 Å². The first kappa shape index (κ1) is 9.48. The fourth-order valence-electron chi connectivity index (χ4n) is 1.37. The molecular formula is C8H13BO3. The zero-order chi connectivity index (χ0) is 9.35. The van der Waals surface area contributed by atoms with Crippen molar-refractivity contribution in [3.8, 4) is 0 Å². The Kier molecular flexibility index (Phi) is 2.40. The Hall–Kier alpha value is -0.605. The SMILES string of the molecule is CC1(C)C=C(B(O)O)C(=O)CC1. The smallest absolute Gasteiger partial charge is 0.423 e. The monoisotopic (exact) mass is 168 g/mol. The molecule has 1 aliphatic rings. The van der Waals surface area contributed by atoms with Gasteiger partial charge in [0.1, 0.15) is 0 Å². The Labute approximate surface area is 72.2 Å². The van der Waals surface area contributed by atoms with Crippen LogP contribution in [0.2, 0.25) is 0 Å². The van der Waals surface area contributed by atoms with Crippen LogP contribution in [0.4, 0.5) is 0 Å². The number of carbonyl (C=O) groups is 1. The van der Waals surface area contributed by atoms with Gasteiger partial charge in [0.15, 0.2) is 5.78 Å². The third-order valence-electron chi connectivity index (χ3n) is 2.14. The Morgan fingerprint density at radius 3 is 2.50 bits per heavy atom. The molecule has 1 aliphatic carbocycles. The van der Waals surface area contributed by atoms with Gasteiger partial charge < -0.3 is 10.0 Å². The summed E-state index contributed by atoms with van der Waals surface area (Å²) in [7, 11) is -1.61. The van der Waals surface area contributed by atoms with Crippen molar-refractivity contribution in [2.24, 2.45) is 5.41 Å². The standard InChI is InChI=1S/C8H13BO3/c1-8(2)4-3-7(10)6(5-8)9(11)12/h5,11-12H,3-4H2,1-2H3.